The molecule has 6 heteroatoms. The maximum atomic E-state index is 5.58. The Morgan fingerprint density at radius 3 is 2.08 bits per heavy atom. The van der Waals surface area contributed by atoms with E-state index in [0.29, 0.717) is 0 Å². The molecule has 1 aromatic heterocycles. The van der Waals surface area contributed by atoms with Crippen LogP contribution in [0.2, 0.25) is 0 Å². The summed E-state index contributed by atoms with van der Waals surface area (Å²) in [6.45, 7) is 1.92. The topological polar surface area (TPSA) is 39.2 Å². The van der Waals surface area contributed by atoms with Gasteiger partial charge in [-0.15, -0.1) is 50.9 Å². The molecule has 1 heterocycles. The van der Waals surface area contributed by atoms with Crippen LogP contribution in [0.25, 0.3) is 0 Å². The van der Waals surface area contributed by atoms with Crippen molar-refractivity contribution in [3.8, 4) is 0 Å². The molecule has 1 atom stereocenters. The predicted octanol–water partition coefficient (Wildman–Crippen LogP) is 1.83. The van der Waals surface area contributed by atoms with Gasteiger partial charge in [-0.05, 0) is 0 Å². The summed E-state index contributed by atoms with van der Waals surface area (Å²) < 4.78 is 6.34. The average Bonchev–Trinajstić information content (AvgIpc) is 2.13. The molecule has 0 aliphatic carbocycles. The molecule has 0 aromatic carbocycles. The van der Waals surface area contributed by atoms with E-state index in [1.54, 1.807) is 6.26 Å². The molecule has 2 nitrogen and oxygen atoms in total. The fraction of sp³-hybridized carbons (Fsp3) is 0.333. The molecule has 1 rings (SSSR count). The van der Waals surface area contributed by atoms with E-state index in [4.69, 9.17) is 10.2 Å². The van der Waals surface area contributed by atoms with E-state index < -0.39 is 0 Å². The molecule has 0 bridgehead atoms. The molecule has 71 valence electrons. The third-order valence-electron chi connectivity index (χ3n) is 1.11. The van der Waals surface area contributed by atoms with E-state index in [0.717, 1.165) is 5.76 Å². The fourth-order valence-electron chi connectivity index (χ4n) is 0.674. The van der Waals surface area contributed by atoms with E-state index >= 15 is 0 Å². The van der Waals surface area contributed by atoms with Gasteiger partial charge in [-0.25, -0.2) is 0 Å². The second kappa shape index (κ2) is 9.05. The van der Waals surface area contributed by atoms with Crippen LogP contribution in [-0.4, -0.2) is 22.5 Å². The minimum atomic E-state index is 0. The molecule has 0 saturated carbocycles. The summed E-state index contributed by atoms with van der Waals surface area (Å²) in [6.07, 6.45) is 1.68. The van der Waals surface area contributed by atoms with Gasteiger partial charge in [0.05, 0.1) is 0 Å². The molecular weight excluding hydrogens is 460 g/mol. The standard InChI is InChI=1S/C6H8NO.3BrH.Sn/c1-5(7)6-3-2-4-8-6;;;;/h2,4-5H,7H2,1H3;3*1H;. The van der Waals surface area contributed by atoms with E-state index in [2.05, 4.69) is 0 Å². The summed E-state index contributed by atoms with van der Waals surface area (Å²) >= 11 is 1.36. The van der Waals surface area contributed by atoms with Crippen molar-refractivity contribution in [2.45, 2.75) is 13.0 Å². The Bertz CT molecular complexity index is 204. The van der Waals surface area contributed by atoms with Crippen LogP contribution in [0, 0.1) is 0 Å². The zero-order valence-corrected chi connectivity index (χ0v) is 14.4. The van der Waals surface area contributed by atoms with Crippen molar-refractivity contribution >= 4 is 77.0 Å². The third-order valence-corrected chi connectivity index (χ3v) is 2.29. The molecule has 12 heavy (non-hydrogen) atoms. The van der Waals surface area contributed by atoms with Gasteiger partial charge < -0.3 is 0 Å². The Kier molecular flexibility index (Phi) is 14.4. The zero-order chi connectivity index (χ0) is 6.85. The van der Waals surface area contributed by atoms with Crippen LogP contribution in [0.15, 0.2) is 16.7 Å². The number of rotatable bonds is 1. The van der Waals surface area contributed by atoms with Gasteiger partial charge in [-0.1, -0.05) is 0 Å². The Morgan fingerprint density at radius 2 is 1.92 bits per heavy atom. The molecular formula is C6H11Br3NOSn. The van der Waals surface area contributed by atoms with Crippen molar-refractivity contribution in [2.24, 2.45) is 5.73 Å². The van der Waals surface area contributed by atoms with Crippen molar-refractivity contribution in [1.29, 1.82) is 0 Å². The summed E-state index contributed by atoms with van der Waals surface area (Å²) in [7, 11) is 0. The van der Waals surface area contributed by atoms with Crippen molar-refractivity contribution < 1.29 is 4.42 Å². The van der Waals surface area contributed by atoms with Crippen molar-refractivity contribution in [2.75, 3.05) is 0 Å². The van der Waals surface area contributed by atoms with E-state index in [1.807, 2.05) is 13.0 Å². The number of nitrogens with two attached hydrogens (primary N) is 1. The number of hydrogen-bond acceptors (Lipinski definition) is 2. The van der Waals surface area contributed by atoms with Crippen LogP contribution >= 0.6 is 50.9 Å². The SMILES string of the molecule is Br.Br.Br.CC(N)c1occ[c]1[Sn]. The molecule has 0 saturated heterocycles. The van der Waals surface area contributed by atoms with E-state index in [1.165, 1.54) is 26.1 Å². The van der Waals surface area contributed by atoms with Crippen LogP contribution in [-0.2, 0) is 0 Å². The number of halogens is 3. The first kappa shape index (κ1) is 19.1. The van der Waals surface area contributed by atoms with Gasteiger partial charge in [0.25, 0.3) is 0 Å². The molecule has 0 aliphatic rings. The first-order valence-corrected chi connectivity index (χ1v) is 4.19. The molecule has 1 unspecified atom stereocenters. The molecule has 0 amide bonds. The zero-order valence-electron chi connectivity index (χ0n) is 6.44. The summed E-state index contributed by atoms with van der Waals surface area (Å²) in [4.78, 5) is 0. The van der Waals surface area contributed by atoms with Crippen LogP contribution in [0.4, 0.5) is 0 Å². The van der Waals surface area contributed by atoms with Gasteiger partial charge in [-0.2, -0.15) is 0 Å². The Balaban J connectivity index is -0.000000270. The van der Waals surface area contributed by atoms with E-state index in [-0.39, 0.29) is 57.0 Å². The molecule has 2 N–H and O–H groups in total. The van der Waals surface area contributed by atoms with Crippen molar-refractivity contribution in [3.05, 3.63) is 18.1 Å². The van der Waals surface area contributed by atoms with Crippen LogP contribution in [0.1, 0.15) is 18.7 Å². The summed E-state index contributed by atoms with van der Waals surface area (Å²) in [6, 6.07) is 1.99. The van der Waals surface area contributed by atoms with Gasteiger partial charge in [-0.3, -0.25) is 0 Å². The van der Waals surface area contributed by atoms with Crippen LogP contribution < -0.4 is 9.31 Å². The number of furan rings is 1. The van der Waals surface area contributed by atoms with Crippen LogP contribution in [0.3, 0.4) is 0 Å². The molecule has 1 aromatic rings. The van der Waals surface area contributed by atoms with Gasteiger partial charge in [0, 0.05) is 0 Å². The normalized spacial score (nSPS) is 10.2. The van der Waals surface area contributed by atoms with E-state index in [9.17, 15) is 0 Å². The first-order chi connectivity index (χ1) is 4.22. The van der Waals surface area contributed by atoms with Gasteiger partial charge in [0.1, 0.15) is 0 Å². The molecule has 0 aliphatic heterocycles. The van der Waals surface area contributed by atoms with Gasteiger partial charge >= 0.3 is 67.3 Å². The first-order valence-electron chi connectivity index (χ1n) is 2.76. The van der Waals surface area contributed by atoms with Crippen molar-refractivity contribution in [3.63, 3.8) is 0 Å². The Hall–Kier alpha value is 1.48. The summed E-state index contributed by atoms with van der Waals surface area (Å²) in [5, 5.41) is 0. The van der Waals surface area contributed by atoms with Crippen LogP contribution in [0.5, 0.6) is 0 Å². The molecule has 3 radical (unpaired) electrons. The Morgan fingerprint density at radius 1 is 1.42 bits per heavy atom. The van der Waals surface area contributed by atoms with Gasteiger partial charge in [0.15, 0.2) is 0 Å². The van der Waals surface area contributed by atoms with Crippen molar-refractivity contribution in [1.82, 2.24) is 0 Å². The third kappa shape index (κ3) is 5.26. The summed E-state index contributed by atoms with van der Waals surface area (Å²) in [5.41, 5.74) is 5.58. The molecule has 0 spiro atoms. The minimum absolute atomic E-state index is 0. The molecule has 0 fully saturated rings. The fourth-order valence-corrected chi connectivity index (χ4v) is 1.69. The quantitative estimate of drug-likeness (QED) is 0.635. The average molecular weight is 472 g/mol. The number of hydrogen-bond donors (Lipinski definition) is 1. The second-order valence-corrected chi connectivity index (χ2v) is 3.52. The monoisotopic (exact) mass is 470 g/mol. The second-order valence-electron chi connectivity index (χ2n) is 1.99. The maximum absolute atomic E-state index is 5.58. The summed E-state index contributed by atoms with van der Waals surface area (Å²) in [5.74, 6) is 0.924. The van der Waals surface area contributed by atoms with Gasteiger partial charge in [0.2, 0.25) is 0 Å². The predicted molar refractivity (Wildman–Crippen MR) is 67.7 cm³/mol. The Labute approximate surface area is 117 Å².